The van der Waals surface area contributed by atoms with Crippen LogP contribution in [0, 0.1) is 11.2 Å². The molecule has 1 fully saturated rings. The quantitative estimate of drug-likeness (QED) is 0.471. The number of nitrogens with one attached hydrogen (secondary N) is 2. The van der Waals surface area contributed by atoms with Gasteiger partial charge in [0.15, 0.2) is 0 Å². The molecule has 4 atom stereocenters. The lowest BCUT2D eigenvalue weighted by Gasteiger charge is -2.37. The van der Waals surface area contributed by atoms with Gasteiger partial charge in [0.05, 0.1) is 5.02 Å². The largest absolute Gasteiger partial charge is 0.459 e. The summed E-state index contributed by atoms with van der Waals surface area (Å²) in [6, 6.07) is 8.38. The van der Waals surface area contributed by atoms with E-state index >= 15 is 4.39 Å². The summed E-state index contributed by atoms with van der Waals surface area (Å²) >= 11 is 12.4. The Bertz CT molecular complexity index is 1190. The SMILES string of the molecule is CC(C)(C)C[C@H]1N[C@@H](C(=O)OC(C)(C)C)[C@H](c2cccc(Cl)c2F)[C@@]12C(=O)Nc1cc(Cl)ccc12. The number of benzene rings is 2. The Hall–Kier alpha value is -2.15. The van der Waals surface area contributed by atoms with E-state index in [0.29, 0.717) is 22.7 Å². The van der Waals surface area contributed by atoms with E-state index in [1.165, 1.54) is 6.07 Å². The summed E-state index contributed by atoms with van der Waals surface area (Å²) in [6.07, 6.45) is 0.542. The second-order valence-electron chi connectivity index (χ2n) is 11.6. The fourth-order valence-electron chi connectivity index (χ4n) is 5.49. The summed E-state index contributed by atoms with van der Waals surface area (Å²) in [4.78, 5) is 27.6. The molecule has 2 aromatic rings. The topological polar surface area (TPSA) is 67.4 Å². The van der Waals surface area contributed by atoms with Gasteiger partial charge in [0.2, 0.25) is 5.91 Å². The minimum absolute atomic E-state index is 0.0744. The minimum Gasteiger partial charge on any atom is -0.459 e. The minimum atomic E-state index is -1.29. The molecule has 0 saturated carbocycles. The highest BCUT2D eigenvalue weighted by atomic mass is 35.5. The Kier molecular flexibility index (Phi) is 6.48. The molecule has 2 aromatic carbocycles. The Balaban J connectivity index is 2.01. The number of rotatable bonds is 3. The Labute approximate surface area is 215 Å². The number of esters is 1. The monoisotopic (exact) mass is 520 g/mol. The van der Waals surface area contributed by atoms with Crippen molar-refractivity contribution >= 4 is 40.8 Å². The number of anilines is 1. The van der Waals surface area contributed by atoms with Gasteiger partial charge in [0.25, 0.3) is 0 Å². The molecule has 1 saturated heterocycles. The van der Waals surface area contributed by atoms with Gasteiger partial charge in [-0.1, -0.05) is 62.2 Å². The molecule has 0 unspecified atom stereocenters. The van der Waals surface area contributed by atoms with Gasteiger partial charge >= 0.3 is 5.97 Å². The van der Waals surface area contributed by atoms with E-state index in [9.17, 15) is 9.59 Å². The number of ether oxygens (including phenoxy) is 1. The van der Waals surface area contributed by atoms with Crippen molar-refractivity contribution in [2.24, 2.45) is 5.41 Å². The molecule has 2 aliphatic heterocycles. The van der Waals surface area contributed by atoms with Crippen LogP contribution in [0.3, 0.4) is 0 Å². The molecular weight excluding hydrogens is 490 g/mol. The van der Waals surface area contributed by atoms with Gasteiger partial charge in [-0.05, 0) is 61.9 Å². The molecule has 188 valence electrons. The maximum absolute atomic E-state index is 15.6. The predicted molar refractivity (Wildman–Crippen MR) is 137 cm³/mol. The molecule has 0 bridgehead atoms. The first-order valence-electron chi connectivity index (χ1n) is 11.7. The number of hydrogen-bond donors (Lipinski definition) is 2. The van der Waals surface area contributed by atoms with Gasteiger partial charge in [0.1, 0.15) is 22.9 Å². The van der Waals surface area contributed by atoms with Gasteiger partial charge in [-0.25, -0.2) is 4.39 Å². The van der Waals surface area contributed by atoms with Crippen molar-refractivity contribution in [2.75, 3.05) is 5.32 Å². The molecule has 2 heterocycles. The lowest BCUT2D eigenvalue weighted by molar-refractivity contribution is -0.157. The summed E-state index contributed by atoms with van der Waals surface area (Å²) in [6.45, 7) is 11.5. The average Bonchev–Trinajstić information content (AvgIpc) is 3.17. The van der Waals surface area contributed by atoms with Crippen LogP contribution in [0.2, 0.25) is 10.0 Å². The third-order valence-electron chi connectivity index (χ3n) is 6.60. The molecule has 1 spiro atoms. The number of halogens is 3. The summed E-state index contributed by atoms with van der Waals surface area (Å²) in [5.74, 6) is -2.42. The number of amides is 1. The molecule has 4 rings (SSSR count). The number of carbonyl (C=O) groups excluding carboxylic acids is 2. The van der Waals surface area contributed by atoms with Gasteiger partial charge in [0, 0.05) is 22.7 Å². The number of hydrogen-bond acceptors (Lipinski definition) is 4. The van der Waals surface area contributed by atoms with Crippen LogP contribution < -0.4 is 10.6 Å². The van der Waals surface area contributed by atoms with E-state index in [-0.39, 0.29) is 21.9 Å². The highest BCUT2D eigenvalue weighted by Crippen LogP contribution is 2.57. The Morgan fingerprint density at radius 2 is 1.80 bits per heavy atom. The van der Waals surface area contributed by atoms with E-state index in [2.05, 4.69) is 31.4 Å². The van der Waals surface area contributed by atoms with Gasteiger partial charge in [-0.2, -0.15) is 0 Å². The van der Waals surface area contributed by atoms with Crippen LogP contribution in [0.4, 0.5) is 10.1 Å². The summed E-state index contributed by atoms with van der Waals surface area (Å²) in [5, 5.41) is 6.75. The van der Waals surface area contributed by atoms with Gasteiger partial charge in [-0.3, -0.25) is 14.9 Å². The van der Waals surface area contributed by atoms with E-state index in [1.807, 2.05) is 0 Å². The average molecular weight is 521 g/mol. The predicted octanol–water partition coefficient (Wildman–Crippen LogP) is 6.22. The Morgan fingerprint density at radius 1 is 1.11 bits per heavy atom. The van der Waals surface area contributed by atoms with Crippen LogP contribution in [0.25, 0.3) is 0 Å². The van der Waals surface area contributed by atoms with Crippen LogP contribution in [0.1, 0.15) is 65.0 Å². The smallest absolute Gasteiger partial charge is 0.324 e. The van der Waals surface area contributed by atoms with Crippen molar-refractivity contribution in [3.05, 3.63) is 63.4 Å². The molecule has 8 heteroatoms. The van der Waals surface area contributed by atoms with Crippen molar-refractivity contribution in [1.29, 1.82) is 0 Å². The van der Waals surface area contributed by atoms with Crippen LogP contribution >= 0.6 is 23.2 Å². The van der Waals surface area contributed by atoms with E-state index < -0.39 is 40.8 Å². The van der Waals surface area contributed by atoms with E-state index in [4.69, 9.17) is 27.9 Å². The standard InChI is InChI=1S/C27H31Cl2FN2O3/c1-25(2,3)13-19-27(16-11-10-14(28)12-18(16)31-24(27)34)20(15-8-7-9-17(29)21(15)30)22(32-19)23(33)35-26(4,5)6/h7-12,19-20,22,32H,13H2,1-6H3,(H,31,34)/t19-,20+,22-,27+/m1/s1. The molecule has 35 heavy (non-hydrogen) atoms. The maximum atomic E-state index is 15.6. The number of fused-ring (bicyclic) bond motifs is 2. The second kappa shape index (κ2) is 8.75. The molecule has 0 radical (unpaired) electrons. The molecule has 2 aliphatic rings. The van der Waals surface area contributed by atoms with Crippen LogP contribution in [0.15, 0.2) is 36.4 Å². The first-order chi connectivity index (χ1) is 16.1. The first-order valence-corrected chi connectivity index (χ1v) is 12.4. The third-order valence-corrected chi connectivity index (χ3v) is 7.13. The molecular formula is C27H31Cl2FN2O3. The molecule has 0 aliphatic carbocycles. The maximum Gasteiger partial charge on any atom is 0.324 e. The van der Waals surface area contributed by atoms with Gasteiger partial charge < -0.3 is 10.1 Å². The van der Waals surface area contributed by atoms with Crippen molar-refractivity contribution in [1.82, 2.24) is 5.32 Å². The van der Waals surface area contributed by atoms with Gasteiger partial charge in [-0.15, -0.1) is 0 Å². The molecule has 2 N–H and O–H groups in total. The van der Waals surface area contributed by atoms with E-state index in [1.54, 1.807) is 51.1 Å². The number of carbonyl (C=O) groups is 2. The zero-order chi connectivity index (χ0) is 25.9. The van der Waals surface area contributed by atoms with Crippen LogP contribution in [-0.4, -0.2) is 29.6 Å². The van der Waals surface area contributed by atoms with Crippen LogP contribution in [0.5, 0.6) is 0 Å². The lowest BCUT2D eigenvalue weighted by Crippen LogP contribution is -2.49. The van der Waals surface area contributed by atoms with Crippen molar-refractivity contribution < 1.29 is 18.7 Å². The zero-order valence-electron chi connectivity index (χ0n) is 20.8. The van der Waals surface area contributed by atoms with E-state index in [0.717, 1.165) is 0 Å². The summed E-state index contributed by atoms with van der Waals surface area (Å²) in [5.41, 5.74) is -0.852. The fraction of sp³-hybridized carbons (Fsp3) is 0.481. The lowest BCUT2D eigenvalue weighted by atomic mass is 9.62. The van der Waals surface area contributed by atoms with Crippen molar-refractivity contribution in [3.8, 4) is 0 Å². The fourth-order valence-corrected chi connectivity index (χ4v) is 5.85. The van der Waals surface area contributed by atoms with Crippen molar-refractivity contribution in [2.45, 2.75) is 77.0 Å². The third kappa shape index (κ3) is 4.56. The summed E-state index contributed by atoms with van der Waals surface area (Å²) in [7, 11) is 0. The summed E-state index contributed by atoms with van der Waals surface area (Å²) < 4.78 is 21.4. The normalized spacial score (nSPS) is 26.1. The van der Waals surface area contributed by atoms with Crippen molar-refractivity contribution in [3.63, 3.8) is 0 Å². The zero-order valence-corrected chi connectivity index (χ0v) is 22.3. The first kappa shape index (κ1) is 25.9. The highest BCUT2D eigenvalue weighted by molar-refractivity contribution is 6.31. The second-order valence-corrected chi connectivity index (χ2v) is 12.5. The molecule has 5 nitrogen and oxygen atoms in total. The van der Waals surface area contributed by atoms with Crippen LogP contribution in [-0.2, 0) is 19.7 Å². The Morgan fingerprint density at radius 3 is 2.43 bits per heavy atom. The molecule has 0 aromatic heterocycles. The molecule has 1 amide bonds. The highest BCUT2D eigenvalue weighted by Gasteiger charge is 2.66.